The van der Waals surface area contributed by atoms with E-state index in [1.54, 1.807) is 0 Å². The first-order chi connectivity index (χ1) is 7.26. The van der Waals surface area contributed by atoms with Gasteiger partial charge in [-0.3, -0.25) is 0 Å². The minimum atomic E-state index is -0.315. The largest absolute Gasteiger partial charge is 0.350 e. The van der Waals surface area contributed by atoms with Crippen LogP contribution in [0.4, 0.5) is 0 Å². The topological polar surface area (TPSA) is 22.8 Å². The van der Waals surface area contributed by atoms with Gasteiger partial charge in [-0.15, -0.1) is 0 Å². The van der Waals surface area contributed by atoms with Gasteiger partial charge in [-0.1, -0.05) is 5.57 Å². The molecule has 0 amide bonds. The number of hydrogen-bond donors (Lipinski definition) is 0. The third-order valence-corrected chi connectivity index (χ3v) is 3.31. The van der Waals surface area contributed by atoms with Crippen LogP contribution < -0.4 is 0 Å². The van der Waals surface area contributed by atoms with Crippen molar-refractivity contribution in [2.24, 2.45) is 0 Å². The highest BCUT2D eigenvalue weighted by molar-refractivity contribution is 5.20. The quantitative estimate of drug-likeness (QED) is 0.570. The van der Waals surface area contributed by atoms with Crippen LogP contribution in [0.2, 0.25) is 0 Å². The van der Waals surface area contributed by atoms with Gasteiger partial charge in [-0.05, 0) is 26.2 Å². The standard InChI is InChI=1S/C12H17NO2/c1-10(13-2)11-4-6-12(7-5-11)14-8-3-9-15-12/h3-9H2,1H3. The van der Waals surface area contributed by atoms with Crippen molar-refractivity contribution in [3.63, 3.8) is 0 Å². The molecule has 0 aromatic rings. The zero-order valence-corrected chi connectivity index (χ0v) is 9.21. The van der Waals surface area contributed by atoms with Gasteiger partial charge in [0.05, 0.1) is 19.8 Å². The molecule has 0 N–H and O–H groups in total. The molecule has 0 aromatic heterocycles. The van der Waals surface area contributed by atoms with Gasteiger partial charge in [0.25, 0.3) is 0 Å². The molecule has 1 aliphatic heterocycles. The van der Waals surface area contributed by atoms with Gasteiger partial charge in [0.1, 0.15) is 0 Å². The van der Waals surface area contributed by atoms with Crippen LogP contribution in [0.25, 0.3) is 4.85 Å². The molecule has 0 radical (unpaired) electrons. The Balaban J connectivity index is 2.00. The van der Waals surface area contributed by atoms with Gasteiger partial charge in [0.15, 0.2) is 11.5 Å². The number of rotatable bonds is 0. The maximum absolute atomic E-state index is 6.99. The lowest BCUT2D eigenvalue weighted by Gasteiger charge is -2.40. The Hall–Kier alpha value is -0.850. The maximum atomic E-state index is 6.99. The molecule has 1 spiro atoms. The molecule has 1 saturated heterocycles. The van der Waals surface area contributed by atoms with E-state index in [0.717, 1.165) is 51.0 Å². The van der Waals surface area contributed by atoms with Crippen LogP contribution in [0, 0.1) is 6.57 Å². The van der Waals surface area contributed by atoms with E-state index in [1.165, 1.54) is 5.57 Å². The fourth-order valence-corrected chi connectivity index (χ4v) is 2.28. The highest BCUT2D eigenvalue weighted by Gasteiger charge is 2.37. The molecule has 82 valence electrons. The van der Waals surface area contributed by atoms with Gasteiger partial charge < -0.3 is 9.47 Å². The van der Waals surface area contributed by atoms with Gasteiger partial charge in [-0.2, -0.15) is 0 Å². The Bertz CT molecular complexity index is 296. The van der Waals surface area contributed by atoms with Crippen molar-refractivity contribution in [1.82, 2.24) is 0 Å². The van der Waals surface area contributed by atoms with E-state index in [4.69, 9.17) is 16.0 Å². The van der Waals surface area contributed by atoms with Crippen molar-refractivity contribution in [1.29, 1.82) is 0 Å². The molecule has 3 heteroatoms. The van der Waals surface area contributed by atoms with E-state index in [0.29, 0.717) is 0 Å². The number of hydrogen-bond acceptors (Lipinski definition) is 2. The SMILES string of the molecule is [C-]#[N+]C(C)=C1CCC2(CC1)OCCCO2. The minimum Gasteiger partial charge on any atom is -0.350 e. The molecule has 2 rings (SSSR count). The minimum absolute atomic E-state index is 0.315. The number of ether oxygens (including phenoxy) is 2. The first kappa shape index (κ1) is 10.7. The molecule has 0 aromatic carbocycles. The Morgan fingerprint density at radius 3 is 2.40 bits per heavy atom. The zero-order valence-electron chi connectivity index (χ0n) is 9.21. The van der Waals surface area contributed by atoms with Crippen molar-refractivity contribution in [3.8, 4) is 0 Å². The third-order valence-electron chi connectivity index (χ3n) is 3.31. The molecule has 1 saturated carbocycles. The van der Waals surface area contributed by atoms with Crippen LogP contribution in [0.5, 0.6) is 0 Å². The fourth-order valence-electron chi connectivity index (χ4n) is 2.28. The third kappa shape index (κ3) is 2.22. The molecule has 3 nitrogen and oxygen atoms in total. The predicted octanol–water partition coefficient (Wildman–Crippen LogP) is 2.89. The molecular formula is C12H17NO2. The lowest BCUT2D eigenvalue weighted by Crippen LogP contribution is -2.42. The predicted molar refractivity (Wildman–Crippen MR) is 57.0 cm³/mol. The molecule has 0 unspecified atom stereocenters. The van der Waals surface area contributed by atoms with E-state index in [2.05, 4.69) is 4.85 Å². The summed E-state index contributed by atoms with van der Waals surface area (Å²) in [5, 5.41) is 0. The van der Waals surface area contributed by atoms with Crippen LogP contribution in [0.1, 0.15) is 39.0 Å². The summed E-state index contributed by atoms with van der Waals surface area (Å²) in [6.07, 6.45) is 4.73. The molecule has 2 aliphatic rings. The van der Waals surface area contributed by atoms with Crippen LogP contribution in [0.3, 0.4) is 0 Å². The monoisotopic (exact) mass is 207 g/mol. The summed E-state index contributed by atoms with van der Waals surface area (Å²) in [7, 11) is 0. The Morgan fingerprint density at radius 1 is 1.27 bits per heavy atom. The second-order valence-electron chi connectivity index (χ2n) is 4.26. The first-order valence-corrected chi connectivity index (χ1v) is 5.60. The van der Waals surface area contributed by atoms with Gasteiger partial charge in [0.2, 0.25) is 0 Å². The van der Waals surface area contributed by atoms with Gasteiger partial charge in [-0.25, -0.2) is 4.85 Å². The Labute approximate surface area is 90.9 Å². The fraction of sp³-hybridized carbons (Fsp3) is 0.750. The summed E-state index contributed by atoms with van der Waals surface area (Å²) in [6, 6.07) is 0. The number of allylic oxidation sites excluding steroid dienone is 2. The van der Waals surface area contributed by atoms with Crippen molar-refractivity contribution in [2.45, 2.75) is 44.8 Å². The summed E-state index contributed by atoms with van der Waals surface area (Å²) < 4.78 is 11.5. The van der Waals surface area contributed by atoms with E-state index < -0.39 is 0 Å². The lowest BCUT2D eigenvalue weighted by molar-refractivity contribution is -0.276. The van der Waals surface area contributed by atoms with Crippen LogP contribution >= 0.6 is 0 Å². The van der Waals surface area contributed by atoms with Crippen molar-refractivity contribution >= 4 is 0 Å². The summed E-state index contributed by atoms with van der Waals surface area (Å²) in [6.45, 7) is 10.5. The number of nitrogens with zero attached hydrogens (tertiary/aromatic N) is 1. The molecule has 1 aliphatic carbocycles. The van der Waals surface area contributed by atoms with Crippen LogP contribution in [0.15, 0.2) is 11.3 Å². The summed E-state index contributed by atoms with van der Waals surface area (Å²) in [5.74, 6) is -0.315. The van der Waals surface area contributed by atoms with Crippen molar-refractivity contribution in [2.75, 3.05) is 13.2 Å². The zero-order chi connectivity index (χ0) is 10.7. The van der Waals surface area contributed by atoms with Crippen molar-refractivity contribution in [3.05, 3.63) is 22.7 Å². The molecule has 0 atom stereocenters. The Morgan fingerprint density at radius 2 is 1.87 bits per heavy atom. The summed E-state index contributed by atoms with van der Waals surface area (Å²) >= 11 is 0. The first-order valence-electron chi connectivity index (χ1n) is 5.60. The maximum Gasteiger partial charge on any atom is 0.168 e. The molecule has 0 bridgehead atoms. The van der Waals surface area contributed by atoms with Crippen LogP contribution in [-0.2, 0) is 9.47 Å². The smallest absolute Gasteiger partial charge is 0.168 e. The lowest BCUT2D eigenvalue weighted by atomic mass is 9.88. The highest BCUT2D eigenvalue weighted by Crippen LogP contribution is 2.38. The molecule has 2 fully saturated rings. The van der Waals surface area contributed by atoms with Crippen molar-refractivity contribution < 1.29 is 9.47 Å². The van der Waals surface area contributed by atoms with Crippen LogP contribution in [-0.4, -0.2) is 19.0 Å². The summed E-state index contributed by atoms with van der Waals surface area (Å²) in [5.41, 5.74) is 2.15. The van der Waals surface area contributed by atoms with E-state index in [9.17, 15) is 0 Å². The second kappa shape index (κ2) is 4.34. The summed E-state index contributed by atoms with van der Waals surface area (Å²) in [4.78, 5) is 3.49. The average Bonchev–Trinajstić information content (AvgIpc) is 2.30. The highest BCUT2D eigenvalue weighted by atomic mass is 16.7. The molecular weight excluding hydrogens is 190 g/mol. The van der Waals surface area contributed by atoms with Gasteiger partial charge >= 0.3 is 0 Å². The molecule has 1 heterocycles. The Kier molecular flexibility index (Phi) is 3.08. The van der Waals surface area contributed by atoms with E-state index in [1.807, 2.05) is 6.92 Å². The average molecular weight is 207 g/mol. The second-order valence-corrected chi connectivity index (χ2v) is 4.26. The van der Waals surface area contributed by atoms with E-state index >= 15 is 0 Å². The normalized spacial score (nSPS) is 24.9. The van der Waals surface area contributed by atoms with E-state index in [-0.39, 0.29) is 5.79 Å². The van der Waals surface area contributed by atoms with Gasteiger partial charge in [0, 0.05) is 12.8 Å². The molecule has 15 heavy (non-hydrogen) atoms.